The third kappa shape index (κ3) is 6.34. The van der Waals surface area contributed by atoms with Crippen molar-refractivity contribution < 1.29 is 13.9 Å². The van der Waals surface area contributed by atoms with Gasteiger partial charge >= 0.3 is 0 Å². The van der Waals surface area contributed by atoms with Crippen LogP contribution in [-0.4, -0.2) is 55.1 Å². The Morgan fingerprint density at radius 3 is 2.69 bits per heavy atom. The molecule has 2 unspecified atom stereocenters. The Bertz CT molecular complexity index is 689. The molecule has 1 aromatic rings. The standard InChI is InChI=1S/C22H33FN4O2/c1-3-24-22(25-14-16(2)29-20-10-8-18(23)9-11-20)26-19-12-13-27(15-19)21(28)17-6-4-5-7-17/h8-11,16-17,19H,3-7,12-15H2,1-2H3,(H2,24,25,26). The van der Waals surface area contributed by atoms with E-state index in [0.717, 1.165) is 44.9 Å². The van der Waals surface area contributed by atoms with E-state index in [1.165, 1.54) is 25.0 Å². The molecular formula is C22H33FN4O2. The molecule has 1 saturated heterocycles. The number of benzene rings is 1. The lowest BCUT2D eigenvalue weighted by Gasteiger charge is -2.22. The van der Waals surface area contributed by atoms with Crippen LogP contribution in [0.2, 0.25) is 0 Å². The van der Waals surface area contributed by atoms with Crippen LogP contribution in [0.25, 0.3) is 0 Å². The lowest BCUT2D eigenvalue weighted by atomic mass is 10.1. The number of nitrogens with zero attached hydrogens (tertiary/aromatic N) is 2. The highest BCUT2D eigenvalue weighted by Gasteiger charge is 2.32. The number of rotatable bonds is 7. The molecule has 3 rings (SSSR count). The average Bonchev–Trinajstić information content (AvgIpc) is 3.40. The first-order valence-electron chi connectivity index (χ1n) is 10.8. The van der Waals surface area contributed by atoms with Crippen molar-refractivity contribution in [3.63, 3.8) is 0 Å². The van der Waals surface area contributed by atoms with E-state index in [2.05, 4.69) is 15.6 Å². The van der Waals surface area contributed by atoms with Gasteiger partial charge in [-0.05, 0) is 57.4 Å². The van der Waals surface area contributed by atoms with Crippen molar-refractivity contribution in [3.05, 3.63) is 30.1 Å². The van der Waals surface area contributed by atoms with Crippen LogP contribution in [0.15, 0.2) is 29.3 Å². The Morgan fingerprint density at radius 2 is 2.00 bits per heavy atom. The summed E-state index contributed by atoms with van der Waals surface area (Å²) in [5.41, 5.74) is 0. The van der Waals surface area contributed by atoms with Gasteiger partial charge in [0.1, 0.15) is 17.7 Å². The van der Waals surface area contributed by atoms with Crippen LogP contribution in [0.3, 0.4) is 0 Å². The van der Waals surface area contributed by atoms with E-state index in [1.807, 2.05) is 18.7 Å². The van der Waals surface area contributed by atoms with Gasteiger partial charge in [-0.2, -0.15) is 0 Å². The molecule has 1 aromatic carbocycles. The molecule has 1 amide bonds. The third-order valence-corrected chi connectivity index (χ3v) is 5.55. The fourth-order valence-electron chi connectivity index (χ4n) is 4.03. The van der Waals surface area contributed by atoms with Crippen LogP contribution in [-0.2, 0) is 4.79 Å². The number of aliphatic imine (C=N–C) groups is 1. The van der Waals surface area contributed by atoms with Crippen LogP contribution < -0.4 is 15.4 Å². The number of amides is 1. The van der Waals surface area contributed by atoms with Crippen LogP contribution in [0.5, 0.6) is 5.75 Å². The second kappa shape index (κ2) is 10.5. The average molecular weight is 405 g/mol. The summed E-state index contributed by atoms with van der Waals surface area (Å²) in [5, 5.41) is 6.72. The molecule has 29 heavy (non-hydrogen) atoms. The number of guanidine groups is 1. The van der Waals surface area contributed by atoms with Gasteiger partial charge in [0.2, 0.25) is 5.91 Å². The highest BCUT2D eigenvalue weighted by molar-refractivity contribution is 5.81. The molecule has 7 heteroatoms. The molecular weight excluding hydrogens is 371 g/mol. The van der Waals surface area contributed by atoms with Gasteiger partial charge in [-0.3, -0.25) is 4.79 Å². The molecule has 6 nitrogen and oxygen atoms in total. The maximum absolute atomic E-state index is 13.0. The molecule has 0 radical (unpaired) electrons. The molecule has 1 aliphatic carbocycles. The Labute approximate surface area is 172 Å². The van der Waals surface area contributed by atoms with E-state index in [4.69, 9.17) is 4.74 Å². The minimum atomic E-state index is -0.279. The number of halogens is 1. The van der Waals surface area contributed by atoms with Crippen LogP contribution in [0.1, 0.15) is 46.0 Å². The first-order chi connectivity index (χ1) is 14.0. The van der Waals surface area contributed by atoms with E-state index in [-0.39, 0.29) is 23.9 Å². The molecule has 1 saturated carbocycles. The van der Waals surface area contributed by atoms with Crippen LogP contribution in [0, 0.1) is 11.7 Å². The maximum atomic E-state index is 13.0. The summed E-state index contributed by atoms with van der Waals surface area (Å²) in [6.07, 6.45) is 5.25. The van der Waals surface area contributed by atoms with E-state index >= 15 is 0 Å². The van der Waals surface area contributed by atoms with E-state index in [9.17, 15) is 9.18 Å². The lowest BCUT2D eigenvalue weighted by Crippen LogP contribution is -2.45. The van der Waals surface area contributed by atoms with Crippen molar-refractivity contribution >= 4 is 11.9 Å². The fourth-order valence-corrected chi connectivity index (χ4v) is 4.03. The Balaban J connectivity index is 1.48. The van der Waals surface area contributed by atoms with Crippen molar-refractivity contribution in [2.75, 3.05) is 26.2 Å². The smallest absolute Gasteiger partial charge is 0.225 e. The zero-order chi connectivity index (χ0) is 20.6. The Hall–Kier alpha value is -2.31. The fraction of sp³-hybridized carbons (Fsp3) is 0.636. The van der Waals surface area contributed by atoms with Gasteiger partial charge < -0.3 is 20.3 Å². The number of likely N-dealkylation sites (tertiary alicyclic amines) is 1. The Kier molecular flexibility index (Phi) is 7.72. The molecule has 2 aliphatic rings. The number of ether oxygens (including phenoxy) is 1. The molecule has 2 N–H and O–H groups in total. The molecule has 2 fully saturated rings. The summed E-state index contributed by atoms with van der Waals surface area (Å²) in [6, 6.07) is 6.22. The molecule has 2 atom stereocenters. The summed E-state index contributed by atoms with van der Waals surface area (Å²) in [7, 11) is 0. The van der Waals surface area contributed by atoms with E-state index < -0.39 is 0 Å². The van der Waals surface area contributed by atoms with Crippen molar-refractivity contribution in [1.29, 1.82) is 0 Å². The van der Waals surface area contributed by atoms with Gasteiger partial charge in [0.05, 0.1) is 6.54 Å². The largest absolute Gasteiger partial charge is 0.489 e. The number of nitrogens with one attached hydrogen (secondary N) is 2. The van der Waals surface area contributed by atoms with Crippen LogP contribution >= 0.6 is 0 Å². The van der Waals surface area contributed by atoms with Gasteiger partial charge in [0.15, 0.2) is 5.96 Å². The third-order valence-electron chi connectivity index (χ3n) is 5.55. The molecule has 1 heterocycles. The lowest BCUT2D eigenvalue weighted by molar-refractivity contribution is -0.134. The number of hydrogen-bond acceptors (Lipinski definition) is 3. The quantitative estimate of drug-likeness (QED) is 0.542. The SMILES string of the molecule is CCNC(=NCC(C)Oc1ccc(F)cc1)NC1CCN(C(=O)C2CCCC2)C1. The minimum Gasteiger partial charge on any atom is -0.489 e. The van der Waals surface area contributed by atoms with Crippen LogP contribution in [0.4, 0.5) is 4.39 Å². The molecule has 1 aliphatic heterocycles. The zero-order valence-electron chi connectivity index (χ0n) is 17.5. The number of hydrogen-bond donors (Lipinski definition) is 2. The first-order valence-corrected chi connectivity index (χ1v) is 10.8. The normalized spacial score (nSPS) is 21.3. The highest BCUT2D eigenvalue weighted by atomic mass is 19.1. The van der Waals surface area contributed by atoms with Gasteiger partial charge in [0.25, 0.3) is 0 Å². The summed E-state index contributed by atoms with van der Waals surface area (Å²) < 4.78 is 18.8. The van der Waals surface area contributed by atoms with E-state index in [0.29, 0.717) is 18.2 Å². The number of carbonyl (C=O) groups is 1. The van der Waals surface area contributed by atoms with Crippen molar-refractivity contribution in [1.82, 2.24) is 15.5 Å². The number of carbonyl (C=O) groups excluding carboxylic acids is 1. The summed E-state index contributed by atoms with van der Waals surface area (Å²) in [6.45, 7) is 6.76. The first kappa shape index (κ1) is 21.4. The van der Waals surface area contributed by atoms with Gasteiger partial charge in [-0.15, -0.1) is 0 Å². The highest BCUT2D eigenvalue weighted by Crippen LogP contribution is 2.27. The zero-order valence-corrected chi connectivity index (χ0v) is 17.5. The van der Waals surface area contributed by atoms with E-state index in [1.54, 1.807) is 12.1 Å². The second-order valence-electron chi connectivity index (χ2n) is 8.00. The summed E-state index contributed by atoms with van der Waals surface area (Å²) >= 11 is 0. The Morgan fingerprint density at radius 1 is 1.28 bits per heavy atom. The van der Waals surface area contributed by atoms with Gasteiger partial charge in [-0.25, -0.2) is 9.38 Å². The minimum absolute atomic E-state index is 0.139. The predicted molar refractivity (Wildman–Crippen MR) is 113 cm³/mol. The van der Waals surface area contributed by atoms with Crippen molar-refractivity contribution in [2.45, 2.75) is 58.1 Å². The molecule has 0 aromatic heterocycles. The maximum Gasteiger partial charge on any atom is 0.225 e. The van der Waals surface area contributed by atoms with Crippen molar-refractivity contribution in [2.24, 2.45) is 10.9 Å². The second-order valence-corrected chi connectivity index (χ2v) is 8.00. The summed E-state index contributed by atoms with van der Waals surface area (Å²) in [4.78, 5) is 19.3. The molecule has 160 valence electrons. The van der Waals surface area contributed by atoms with Gasteiger partial charge in [0, 0.05) is 31.6 Å². The summed E-state index contributed by atoms with van der Waals surface area (Å²) in [5.74, 6) is 1.65. The monoisotopic (exact) mass is 404 g/mol. The van der Waals surface area contributed by atoms with Crippen molar-refractivity contribution in [3.8, 4) is 5.75 Å². The molecule has 0 spiro atoms. The molecule has 0 bridgehead atoms. The topological polar surface area (TPSA) is 66.0 Å². The predicted octanol–water partition coefficient (Wildman–Crippen LogP) is 2.94. The van der Waals surface area contributed by atoms with Gasteiger partial charge in [-0.1, -0.05) is 12.8 Å².